The smallest absolute Gasteiger partial charge is 0.261 e. The van der Waals surface area contributed by atoms with Crippen molar-refractivity contribution in [3.63, 3.8) is 0 Å². The van der Waals surface area contributed by atoms with Gasteiger partial charge in [0.15, 0.2) is 5.76 Å². The molecular formula is C28H36N4O9S2. The van der Waals surface area contributed by atoms with Gasteiger partial charge in [-0.2, -0.15) is 4.31 Å². The van der Waals surface area contributed by atoms with Crippen molar-refractivity contribution in [3.05, 3.63) is 59.5 Å². The van der Waals surface area contributed by atoms with Gasteiger partial charge >= 0.3 is 0 Å². The van der Waals surface area contributed by atoms with Gasteiger partial charge in [0.1, 0.15) is 28.2 Å². The molecule has 0 saturated carbocycles. The molecule has 0 unspecified atom stereocenters. The Morgan fingerprint density at radius 1 is 1.16 bits per heavy atom. The number of aromatic nitrogens is 1. The number of hydrogen-bond acceptors (Lipinski definition) is 10. The number of aliphatic hydroxyl groups is 1. The van der Waals surface area contributed by atoms with Crippen molar-refractivity contribution >= 4 is 31.6 Å². The second-order valence-electron chi connectivity index (χ2n) is 10.6. The van der Waals surface area contributed by atoms with Crippen molar-refractivity contribution in [2.24, 2.45) is 5.92 Å². The zero-order valence-electron chi connectivity index (χ0n) is 24.8. The second-order valence-corrected chi connectivity index (χ2v) is 14.2. The van der Waals surface area contributed by atoms with Crippen molar-refractivity contribution in [1.82, 2.24) is 14.4 Å². The Morgan fingerprint density at radius 2 is 1.84 bits per heavy atom. The number of carbonyl (C=O) groups is 1. The van der Waals surface area contributed by atoms with Crippen LogP contribution >= 0.6 is 0 Å². The highest BCUT2D eigenvalue weighted by Gasteiger charge is 2.37. The molecule has 0 radical (unpaired) electrons. The highest BCUT2D eigenvalue weighted by molar-refractivity contribution is 7.92. The lowest BCUT2D eigenvalue weighted by Gasteiger charge is -2.38. The monoisotopic (exact) mass is 636 g/mol. The first-order valence-electron chi connectivity index (χ1n) is 13.5. The van der Waals surface area contributed by atoms with Gasteiger partial charge < -0.3 is 24.0 Å². The van der Waals surface area contributed by atoms with Crippen LogP contribution in [0, 0.1) is 19.8 Å². The van der Waals surface area contributed by atoms with Crippen LogP contribution < -0.4 is 14.2 Å². The van der Waals surface area contributed by atoms with Gasteiger partial charge in [-0.15, -0.1) is 0 Å². The molecule has 0 fully saturated rings. The third kappa shape index (κ3) is 6.64. The van der Waals surface area contributed by atoms with Crippen molar-refractivity contribution in [3.8, 4) is 11.5 Å². The van der Waals surface area contributed by atoms with Gasteiger partial charge in [-0.3, -0.25) is 9.52 Å². The molecule has 3 aromatic rings. The number of methoxy groups -OCH3 is 1. The molecule has 2 heterocycles. The molecule has 15 heteroatoms. The first-order valence-corrected chi connectivity index (χ1v) is 16.4. The summed E-state index contributed by atoms with van der Waals surface area (Å²) in [5.41, 5.74) is 0.411. The number of sulfonamides is 2. The maximum absolute atomic E-state index is 13.7. The lowest BCUT2D eigenvalue weighted by molar-refractivity contribution is 0.0387. The number of rotatable bonds is 10. The van der Waals surface area contributed by atoms with Crippen LogP contribution in [0.1, 0.15) is 35.7 Å². The number of aliphatic hydroxyl groups excluding tert-OH is 1. The van der Waals surface area contributed by atoms with E-state index >= 15 is 0 Å². The fourth-order valence-corrected chi connectivity index (χ4v) is 7.34. The first-order chi connectivity index (χ1) is 20.2. The number of hydrogen-bond donors (Lipinski definition) is 2. The van der Waals surface area contributed by atoms with E-state index in [4.69, 9.17) is 14.0 Å². The summed E-state index contributed by atoms with van der Waals surface area (Å²) >= 11 is 0. The Kier molecular flexibility index (Phi) is 9.39. The molecule has 2 aromatic carbocycles. The van der Waals surface area contributed by atoms with Gasteiger partial charge in [0, 0.05) is 25.2 Å². The number of amides is 1. The van der Waals surface area contributed by atoms with Gasteiger partial charge in [0.25, 0.3) is 15.9 Å². The van der Waals surface area contributed by atoms with Crippen LogP contribution in [0.5, 0.6) is 11.5 Å². The van der Waals surface area contributed by atoms with Crippen molar-refractivity contribution in [2.45, 2.75) is 49.6 Å². The van der Waals surface area contributed by atoms with Crippen molar-refractivity contribution < 1.29 is 40.7 Å². The highest BCUT2D eigenvalue weighted by Crippen LogP contribution is 2.32. The van der Waals surface area contributed by atoms with E-state index in [1.165, 1.54) is 68.4 Å². The lowest BCUT2D eigenvalue weighted by atomic mass is 9.99. The van der Waals surface area contributed by atoms with Gasteiger partial charge in [-0.05, 0) is 63.2 Å². The number of ether oxygens (including phenoxy) is 2. The molecule has 1 aromatic heterocycles. The summed E-state index contributed by atoms with van der Waals surface area (Å²) in [6.45, 7) is 6.33. The molecule has 13 nitrogen and oxygen atoms in total. The predicted octanol–water partition coefficient (Wildman–Crippen LogP) is 2.64. The maximum atomic E-state index is 13.7. The quantitative estimate of drug-likeness (QED) is 0.337. The third-order valence-corrected chi connectivity index (χ3v) is 10.8. The van der Waals surface area contributed by atoms with Gasteiger partial charge in [-0.1, -0.05) is 12.1 Å². The minimum absolute atomic E-state index is 0.00502. The summed E-state index contributed by atoms with van der Waals surface area (Å²) in [5, 5.41) is 13.7. The third-order valence-electron chi connectivity index (χ3n) is 7.36. The SMILES string of the molecule is COc1ccc(S(=O)(=O)Nc2ccc3c(c2)C(=O)N([C@H](C)CO)C[C@@H](C)[C@@H](CN(C)S(=O)(=O)c2c(C)noc2C)O3)cc1. The largest absolute Gasteiger partial charge is 0.497 e. The van der Waals surface area contributed by atoms with Crippen LogP contribution in [0.15, 0.2) is 56.8 Å². The predicted molar refractivity (Wildman–Crippen MR) is 157 cm³/mol. The van der Waals surface area contributed by atoms with Crippen molar-refractivity contribution in [1.29, 1.82) is 0 Å². The normalized spacial score (nSPS) is 18.4. The molecule has 0 spiro atoms. The Labute approximate surface area is 251 Å². The maximum Gasteiger partial charge on any atom is 0.261 e. The fraction of sp³-hybridized carbons (Fsp3) is 0.429. The van der Waals surface area contributed by atoms with Crippen LogP contribution in [-0.4, -0.2) is 88.2 Å². The number of anilines is 1. The molecule has 43 heavy (non-hydrogen) atoms. The minimum atomic E-state index is -4.01. The van der Waals surface area contributed by atoms with E-state index in [0.717, 1.165) is 4.31 Å². The summed E-state index contributed by atoms with van der Waals surface area (Å²) in [6, 6.07) is 9.54. The number of nitrogens with zero attached hydrogens (tertiary/aromatic N) is 3. The van der Waals surface area contributed by atoms with E-state index in [-0.39, 0.29) is 63.9 Å². The molecule has 0 aliphatic carbocycles. The van der Waals surface area contributed by atoms with E-state index in [0.29, 0.717) is 5.75 Å². The summed E-state index contributed by atoms with van der Waals surface area (Å²) in [4.78, 5) is 15.2. The van der Waals surface area contributed by atoms with Gasteiger partial charge in [-0.25, -0.2) is 16.8 Å². The number of carbonyl (C=O) groups excluding carboxylic acids is 1. The fourth-order valence-electron chi connectivity index (χ4n) is 4.82. The molecule has 0 bridgehead atoms. The van der Waals surface area contributed by atoms with E-state index in [1.807, 2.05) is 6.92 Å². The van der Waals surface area contributed by atoms with Gasteiger partial charge in [0.05, 0.1) is 36.8 Å². The zero-order chi connectivity index (χ0) is 31.7. The standard InChI is InChI=1S/C28H36N4O9S2/c1-17-14-32(18(2)16-33)28(34)24-13-21(30-42(35,36)23-10-8-22(39-6)9-11-23)7-12-25(24)40-26(17)15-31(5)43(37,38)27-19(3)29-41-20(27)4/h7-13,17-18,26,30,33H,14-16H2,1-6H3/t17-,18-,26-/m1/s1. The lowest BCUT2D eigenvalue weighted by Crippen LogP contribution is -2.50. The van der Waals surface area contributed by atoms with E-state index in [9.17, 15) is 26.7 Å². The molecule has 4 rings (SSSR count). The zero-order valence-corrected chi connectivity index (χ0v) is 26.4. The molecule has 1 aliphatic heterocycles. The average molecular weight is 637 g/mol. The summed E-state index contributed by atoms with van der Waals surface area (Å²) in [7, 11) is -5.10. The molecule has 2 N–H and O–H groups in total. The van der Waals surface area contributed by atoms with Gasteiger partial charge in [0.2, 0.25) is 10.0 Å². The molecule has 1 aliphatic rings. The number of aryl methyl sites for hydroxylation is 2. The summed E-state index contributed by atoms with van der Waals surface area (Å²) in [5.74, 6) is -0.0211. The molecule has 1 amide bonds. The van der Waals surface area contributed by atoms with Crippen LogP contribution in [0.2, 0.25) is 0 Å². The number of benzene rings is 2. The topological polar surface area (TPSA) is 169 Å². The van der Waals surface area contributed by atoms with E-state index < -0.39 is 38.1 Å². The summed E-state index contributed by atoms with van der Waals surface area (Å²) < 4.78 is 73.0. The number of nitrogens with one attached hydrogen (secondary N) is 1. The Bertz CT molecular complexity index is 1670. The second kappa shape index (κ2) is 12.5. The highest BCUT2D eigenvalue weighted by atomic mass is 32.2. The molecular weight excluding hydrogens is 600 g/mol. The summed E-state index contributed by atoms with van der Waals surface area (Å²) in [6.07, 6.45) is -0.720. The van der Waals surface area contributed by atoms with Crippen LogP contribution in [0.25, 0.3) is 0 Å². The molecule has 3 atom stereocenters. The average Bonchev–Trinajstić information content (AvgIpc) is 3.32. The van der Waals surface area contributed by atoms with E-state index in [1.54, 1.807) is 13.8 Å². The van der Waals surface area contributed by atoms with E-state index in [2.05, 4.69) is 9.88 Å². The first kappa shape index (κ1) is 32.3. The minimum Gasteiger partial charge on any atom is -0.497 e. The molecule has 234 valence electrons. The Balaban J connectivity index is 1.68. The Hall–Kier alpha value is -3.66. The van der Waals surface area contributed by atoms with Crippen LogP contribution in [0.4, 0.5) is 5.69 Å². The van der Waals surface area contributed by atoms with Crippen LogP contribution in [-0.2, 0) is 20.0 Å². The number of fused-ring (bicyclic) bond motifs is 1. The van der Waals surface area contributed by atoms with Crippen LogP contribution in [0.3, 0.4) is 0 Å². The van der Waals surface area contributed by atoms with Crippen molar-refractivity contribution in [2.75, 3.05) is 38.6 Å². The Morgan fingerprint density at radius 3 is 2.42 bits per heavy atom. The molecule has 0 saturated heterocycles. The number of likely N-dealkylation sites (N-methyl/N-ethyl adjacent to an activating group) is 1.